The fraction of sp³-hybridized carbons (Fsp3) is 0.227. The minimum atomic E-state index is -1.03. The number of nitrogens with one attached hydrogen (secondary N) is 2. The van der Waals surface area contributed by atoms with Crippen LogP contribution in [-0.2, 0) is 11.8 Å². The standard InChI is InChI=1S/C22H20F2N4O2/c1-11-5-4-6-14(9-11)21(29)25-19-18(13-7-8-15(23)16(24)10-13)17-12(2)27-28(3)20(17)26-22(19)30/h4-10,18-19H,1-3H3,(H,25,29)(H,26,30). The van der Waals surface area contributed by atoms with Crippen LogP contribution in [0.5, 0.6) is 0 Å². The molecule has 1 aliphatic rings. The molecular weight excluding hydrogens is 390 g/mol. The van der Waals surface area contributed by atoms with Gasteiger partial charge in [-0.3, -0.25) is 14.3 Å². The van der Waals surface area contributed by atoms with E-state index in [0.29, 0.717) is 28.2 Å². The van der Waals surface area contributed by atoms with Crippen molar-refractivity contribution in [2.45, 2.75) is 25.8 Å². The average molecular weight is 410 g/mol. The number of hydrogen-bond donors (Lipinski definition) is 2. The minimum absolute atomic E-state index is 0.371. The molecule has 30 heavy (non-hydrogen) atoms. The molecule has 2 aromatic carbocycles. The molecule has 0 spiro atoms. The summed E-state index contributed by atoms with van der Waals surface area (Å²) in [5.74, 6) is -3.16. The topological polar surface area (TPSA) is 76.0 Å². The Morgan fingerprint density at radius 1 is 1.13 bits per heavy atom. The molecule has 2 unspecified atom stereocenters. The highest BCUT2D eigenvalue weighted by atomic mass is 19.2. The number of aromatic nitrogens is 2. The summed E-state index contributed by atoms with van der Waals surface area (Å²) in [6, 6.07) is 9.44. The Bertz CT molecular complexity index is 1170. The number of rotatable bonds is 3. The van der Waals surface area contributed by atoms with E-state index in [-0.39, 0.29) is 0 Å². The van der Waals surface area contributed by atoms with E-state index in [2.05, 4.69) is 15.7 Å². The van der Waals surface area contributed by atoms with Gasteiger partial charge in [-0.15, -0.1) is 0 Å². The van der Waals surface area contributed by atoms with Crippen molar-refractivity contribution in [2.24, 2.45) is 7.05 Å². The molecular formula is C22H20F2N4O2. The highest BCUT2D eigenvalue weighted by Crippen LogP contribution is 2.39. The van der Waals surface area contributed by atoms with E-state index in [0.717, 1.165) is 17.7 Å². The number of carbonyl (C=O) groups is 2. The van der Waals surface area contributed by atoms with Crippen molar-refractivity contribution in [2.75, 3.05) is 5.32 Å². The Hall–Kier alpha value is -3.55. The van der Waals surface area contributed by atoms with Gasteiger partial charge in [0.05, 0.1) is 5.69 Å². The Balaban J connectivity index is 1.80. The lowest BCUT2D eigenvalue weighted by atomic mass is 9.81. The molecule has 6 nitrogen and oxygen atoms in total. The molecule has 0 saturated carbocycles. The van der Waals surface area contributed by atoms with Crippen LogP contribution in [0.4, 0.5) is 14.6 Å². The van der Waals surface area contributed by atoms with Crippen molar-refractivity contribution in [3.63, 3.8) is 0 Å². The van der Waals surface area contributed by atoms with Crippen LogP contribution >= 0.6 is 0 Å². The summed E-state index contributed by atoms with van der Waals surface area (Å²) in [5, 5.41) is 9.89. The first kappa shape index (κ1) is 19.8. The van der Waals surface area contributed by atoms with Crippen LogP contribution in [0.25, 0.3) is 0 Å². The summed E-state index contributed by atoms with van der Waals surface area (Å²) < 4.78 is 29.1. The second-order valence-corrected chi connectivity index (χ2v) is 7.43. The predicted octanol–water partition coefficient (Wildman–Crippen LogP) is 3.20. The second kappa shape index (κ2) is 7.37. The quantitative estimate of drug-likeness (QED) is 0.696. The van der Waals surface area contributed by atoms with Gasteiger partial charge in [-0.1, -0.05) is 23.8 Å². The largest absolute Gasteiger partial charge is 0.339 e. The molecule has 154 valence electrons. The zero-order chi connectivity index (χ0) is 21.6. The summed E-state index contributed by atoms with van der Waals surface area (Å²) in [7, 11) is 1.68. The normalized spacial score (nSPS) is 18.0. The zero-order valence-electron chi connectivity index (χ0n) is 16.7. The van der Waals surface area contributed by atoms with Gasteiger partial charge in [-0.05, 0) is 43.7 Å². The van der Waals surface area contributed by atoms with Crippen molar-refractivity contribution < 1.29 is 18.4 Å². The molecule has 8 heteroatoms. The number of amides is 2. The van der Waals surface area contributed by atoms with E-state index in [1.54, 1.807) is 32.2 Å². The summed E-state index contributed by atoms with van der Waals surface area (Å²) in [6.07, 6.45) is 0. The number of carbonyl (C=O) groups excluding carboxylic acids is 2. The molecule has 1 aliphatic heterocycles. The lowest BCUT2D eigenvalue weighted by Gasteiger charge is -2.32. The van der Waals surface area contributed by atoms with Gasteiger partial charge in [0, 0.05) is 24.1 Å². The molecule has 0 aliphatic carbocycles. The Labute approximate surface area is 171 Å². The van der Waals surface area contributed by atoms with Gasteiger partial charge in [0.15, 0.2) is 11.6 Å². The Morgan fingerprint density at radius 2 is 1.90 bits per heavy atom. The fourth-order valence-corrected chi connectivity index (χ4v) is 3.93. The van der Waals surface area contributed by atoms with E-state index >= 15 is 0 Å². The maximum atomic E-state index is 14.0. The van der Waals surface area contributed by atoms with E-state index in [1.807, 2.05) is 13.0 Å². The first-order chi connectivity index (χ1) is 14.3. The molecule has 2 N–H and O–H groups in total. The lowest BCUT2D eigenvalue weighted by molar-refractivity contribution is -0.118. The Morgan fingerprint density at radius 3 is 2.60 bits per heavy atom. The number of benzene rings is 2. The highest BCUT2D eigenvalue weighted by molar-refractivity contribution is 6.03. The first-order valence-corrected chi connectivity index (χ1v) is 9.43. The average Bonchev–Trinajstić information content (AvgIpc) is 2.98. The van der Waals surface area contributed by atoms with Gasteiger partial charge in [0.1, 0.15) is 11.9 Å². The highest BCUT2D eigenvalue weighted by Gasteiger charge is 2.41. The molecule has 3 aromatic rings. The van der Waals surface area contributed by atoms with Gasteiger partial charge < -0.3 is 10.6 Å². The van der Waals surface area contributed by atoms with Gasteiger partial charge in [0.25, 0.3) is 5.91 Å². The number of nitrogens with zero attached hydrogens (tertiary/aromatic N) is 2. The number of halogens is 2. The summed E-state index contributed by atoms with van der Waals surface area (Å²) in [6.45, 7) is 3.63. The summed E-state index contributed by atoms with van der Waals surface area (Å²) in [4.78, 5) is 25.8. The van der Waals surface area contributed by atoms with Crippen LogP contribution in [0.1, 0.15) is 38.7 Å². The van der Waals surface area contributed by atoms with Crippen LogP contribution < -0.4 is 10.6 Å². The van der Waals surface area contributed by atoms with Gasteiger partial charge >= 0.3 is 0 Å². The van der Waals surface area contributed by atoms with E-state index in [9.17, 15) is 18.4 Å². The zero-order valence-corrected chi connectivity index (χ0v) is 16.7. The number of fused-ring (bicyclic) bond motifs is 1. The summed E-state index contributed by atoms with van der Waals surface area (Å²) in [5.41, 5.74) is 2.95. The third kappa shape index (κ3) is 3.34. The van der Waals surface area contributed by atoms with Crippen LogP contribution in [0, 0.1) is 25.5 Å². The van der Waals surface area contributed by atoms with Crippen molar-refractivity contribution >= 4 is 17.6 Å². The Kier molecular flexibility index (Phi) is 4.85. The van der Waals surface area contributed by atoms with E-state index in [1.165, 1.54) is 10.7 Å². The predicted molar refractivity (Wildman–Crippen MR) is 107 cm³/mol. The molecule has 1 aromatic heterocycles. The minimum Gasteiger partial charge on any atom is -0.339 e. The molecule has 4 rings (SSSR count). The maximum absolute atomic E-state index is 14.0. The lowest BCUT2D eigenvalue weighted by Crippen LogP contribution is -2.50. The third-order valence-electron chi connectivity index (χ3n) is 5.31. The second-order valence-electron chi connectivity index (χ2n) is 7.43. The fourth-order valence-electron chi connectivity index (χ4n) is 3.93. The molecule has 2 amide bonds. The summed E-state index contributed by atoms with van der Waals surface area (Å²) >= 11 is 0. The van der Waals surface area contributed by atoms with Crippen LogP contribution in [-0.4, -0.2) is 27.6 Å². The number of anilines is 1. The van der Waals surface area contributed by atoms with E-state index in [4.69, 9.17) is 0 Å². The van der Waals surface area contributed by atoms with Crippen molar-refractivity contribution in [1.82, 2.24) is 15.1 Å². The number of aryl methyl sites for hydroxylation is 3. The smallest absolute Gasteiger partial charge is 0.251 e. The van der Waals surface area contributed by atoms with Crippen LogP contribution in [0.3, 0.4) is 0 Å². The first-order valence-electron chi connectivity index (χ1n) is 9.43. The van der Waals surface area contributed by atoms with Gasteiger partial charge in [-0.25, -0.2) is 8.78 Å². The van der Waals surface area contributed by atoms with Crippen LogP contribution in [0.15, 0.2) is 42.5 Å². The molecule has 0 saturated heterocycles. The third-order valence-corrected chi connectivity index (χ3v) is 5.31. The van der Waals surface area contributed by atoms with Crippen LogP contribution in [0.2, 0.25) is 0 Å². The van der Waals surface area contributed by atoms with E-state index < -0.39 is 35.4 Å². The molecule has 0 radical (unpaired) electrons. The number of hydrogen-bond acceptors (Lipinski definition) is 3. The molecule has 0 bridgehead atoms. The monoisotopic (exact) mass is 410 g/mol. The SMILES string of the molecule is Cc1cccc(C(=O)NC2C(=O)Nc3c(c(C)nn3C)C2c2ccc(F)c(F)c2)c1. The molecule has 2 atom stereocenters. The van der Waals surface area contributed by atoms with Gasteiger partial charge in [-0.2, -0.15) is 5.10 Å². The molecule has 0 fully saturated rings. The van der Waals surface area contributed by atoms with Crippen molar-refractivity contribution in [3.05, 3.63) is 82.0 Å². The molecule has 2 heterocycles. The van der Waals surface area contributed by atoms with Crippen molar-refractivity contribution in [1.29, 1.82) is 0 Å². The van der Waals surface area contributed by atoms with Gasteiger partial charge in [0.2, 0.25) is 5.91 Å². The maximum Gasteiger partial charge on any atom is 0.251 e. The van der Waals surface area contributed by atoms with Crippen molar-refractivity contribution in [3.8, 4) is 0 Å².